The molecule has 124 valence electrons. The highest BCUT2D eigenvalue weighted by Crippen LogP contribution is 2.14. The number of benzene rings is 2. The summed E-state index contributed by atoms with van der Waals surface area (Å²) in [4.78, 5) is 23.0. The first-order chi connectivity index (χ1) is 11.6. The molecule has 0 aliphatic carbocycles. The Morgan fingerprint density at radius 3 is 2.21 bits per heavy atom. The van der Waals surface area contributed by atoms with Crippen molar-refractivity contribution in [3.05, 3.63) is 66.4 Å². The van der Waals surface area contributed by atoms with Gasteiger partial charge in [-0.1, -0.05) is 0 Å². The van der Waals surface area contributed by atoms with Crippen molar-refractivity contribution in [2.45, 2.75) is 13.8 Å². The van der Waals surface area contributed by atoms with Gasteiger partial charge in [-0.05, 0) is 55.5 Å². The zero-order valence-corrected chi connectivity index (χ0v) is 13.7. The zero-order valence-electron chi connectivity index (χ0n) is 13.7. The molecule has 1 amide bonds. The Kier molecular flexibility index (Phi) is 6.14. The van der Waals surface area contributed by atoms with E-state index in [1.54, 1.807) is 42.6 Å². The Bertz CT molecular complexity index is 719. The van der Waals surface area contributed by atoms with Gasteiger partial charge in [-0.25, -0.2) is 0 Å². The minimum atomic E-state index is -0.114. The third kappa shape index (κ3) is 5.28. The van der Waals surface area contributed by atoms with Crippen LogP contribution >= 0.6 is 0 Å². The van der Waals surface area contributed by atoms with Crippen LogP contribution in [-0.4, -0.2) is 18.3 Å². The quantitative estimate of drug-likeness (QED) is 0.599. The summed E-state index contributed by atoms with van der Waals surface area (Å²) in [7, 11) is 0. The van der Waals surface area contributed by atoms with Crippen LogP contribution in [-0.2, 0) is 4.79 Å². The van der Waals surface area contributed by atoms with Gasteiger partial charge < -0.3 is 15.4 Å². The molecule has 5 nitrogen and oxygen atoms in total. The molecule has 0 unspecified atom stereocenters. The molecule has 0 heterocycles. The number of allylic oxidation sites excluding steroid dienone is 1. The van der Waals surface area contributed by atoms with Crippen LogP contribution in [0.5, 0.6) is 5.75 Å². The maximum Gasteiger partial charge on any atom is 0.221 e. The van der Waals surface area contributed by atoms with E-state index in [4.69, 9.17) is 4.74 Å². The molecule has 2 N–H and O–H groups in total. The molecule has 0 atom stereocenters. The summed E-state index contributed by atoms with van der Waals surface area (Å²) in [5.74, 6) is 0.535. The van der Waals surface area contributed by atoms with Crippen molar-refractivity contribution in [2.75, 3.05) is 17.2 Å². The van der Waals surface area contributed by atoms with E-state index in [0.717, 1.165) is 17.1 Å². The van der Waals surface area contributed by atoms with Crippen LogP contribution in [0.2, 0.25) is 0 Å². The second kappa shape index (κ2) is 8.53. The van der Waals surface area contributed by atoms with Gasteiger partial charge in [-0.15, -0.1) is 0 Å². The largest absolute Gasteiger partial charge is 0.494 e. The van der Waals surface area contributed by atoms with Gasteiger partial charge in [-0.2, -0.15) is 0 Å². The standard InChI is InChI=1S/C19H20N2O3/c1-3-24-18-10-4-15(5-11-18)19(23)12-13-20-16-6-8-17(9-7-16)21-14(2)22/h4-13,20H,3H2,1-2H3,(H,21,22)/b13-12+. The lowest BCUT2D eigenvalue weighted by Gasteiger charge is -2.04. The Balaban J connectivity index is 1.90. The van der Waals surface area contributed by atoms with Gasteiger partial charge in [0.25, 0.3) is 0 Å². The molecule has 0 aromatic heterocycles. The number of carbonyl (C=O) groups excluding carboxylic acids is 2. The van der Waals surface area contributed by atoms with Gasteiger partial charge in [-0.3, -0.25) is 9.59 Å². The minimum Gasteiger partial charge on any atom is -0.494 e. The van der Waals surface area contributed by atoms with Crippen LogP contribution in [0, 0.1) is 0 Å². The summed E-state index contributed by atoms with van der Waals surface area (Å²) in [5, 5.41) is 5.71. The van der Waals surface area contributed by atoms with Gasteiger partial charge in [0.05, 0.1) is 6.61 Å². The lowest BCUT2D eigenvalue weighted by atomic mass is 10.1. The number of amides is 1. The highest BCUT2D eigenvalue weighted by Gasteiger charge is 2.02. The molecule has 0 aliphatic heterocycles. The first-order valence-corrected chi connectivity index (χ1v) is 7.66. The summed E-state index contributed by atoms with van der Waals surface area (Å²) in [6.07, 6.45) is 3.06. The number of ether oxygens (including phenoxy) is 1. The van der Waals surface area contributed by atoms with Crippen LogP contribution < -0.4 is 15.4 Å². The molecular weight excluding hydrogens is 304 g/mol. The highest BCUT2D eigenvalue weighted by molar-refractivity contribution is 6.04. The molecule has 2 aromatic carbocycles. The maximum absolute atomic E-state index is 12.1. The average Bonchev–Trinajstić information content (AvgIpc) is 2.57. The lowest BCUT2D eigenvalue weighted by molar-refractivity contribution is -0.114. The molecule has 0 saturated heterocycles. The summed E-state index contributed by atoms with van der Waals surface area (Å²) in [5.41, 5.74) is 2.14. The van der Waals surface area contributed by atoms with E-state index < -0.39 is 0 Å². The number of carbonyl (C=O) groups is 2. The molecule has 0 spiro atoms. The van der Waals surface area contributed by atoms with E-state index in [-0.39, 0.29) is 11.7 Å². The topological polar surface area (TPSA) is 67.4 Å². The van der Waals surface area contributed by atoms with Crippen LogP contribution in [0.3, 0.4) is 0 Å². The average molecular weight is 324 g/mol. The monoisotopic (exact) mass is 324 g/mol. The van der Waals surface area contributed by atoms with E-state index in [9.17, 15) is 9.59 Å². The molecule has 0 saturated carbocycles. The predicted molar refractivity (Wildman–Crippen MR) is 95.4 cm³/mol. The Morgan fingerprint density at radius 1 is 1.00 bits per heavy atom. The van der Waals surface area contributed by atoms with E-state index >= 15 is 0 Å². The number of ketones is 1. The maximum atomic E-state index is 12.1. The van der Waals surface area contributed by atoms with Crippen molar-refractivity contribution in [1.29, 1.82) is 0 Å². The summed E-state index contributed by atoms with van der Waals surface area (Å²) < 4.78 is 5.35. The van der Waals surface area contributed by atoms with Crippen molar-refractivity contribution in [3.63, 3.8) is 0 Å². The first-order valence-electron chi connectivity index (χ1n) is 7.66. The smallest absolute Gasteiger partial charge is 0.221 e. The fourth-order valence-corrected chi connectivity index (χ4v) is 2.04. The van der Waals surface area contributed by atoms with E-state index in [1.807, 2.05) is 19.1 Å². The molecule has 24 heavy (non-hydrogen) atoms. The first kappa shape index (κ1) is 17.3. The third-order valence-electron chi connectivity index (χ3n) is 3.14. The lowest BCUT2D eigenvalue weighted by Crippen LogP contribution is -2.05. The molecule has 2 rings (SSSR count). The van der Waals surface area contributed by atoms with Gasteiger partial charge in [0.2, 0.25) is 5.91 Å². The van der Waals surface area contributed by atoms with Gasteiger partial charge in [0.15, 0.2) is 5.78 Å². The molecule has 0 fully saturated rings. The summed E-state index contributed by atoms with van der Waals surface area (Å²) >= 11 is 0. The van der Waals surface area contributed by atoms with Crippen LogP contribution in [0.4, 0.5) is 11.4 Å². The normalized spacial score (nSPS) is 10.4. The minimum absolute atomic E-state index is 0.0968. The van der Waals surface area contributed by atoms with Crippen molar-refractivity contribution in [2.24, 2.45) is 0 Å². The van der Waals surface area contributed by atoms with Crippen LogP contribution in [0.25, 0.3) is 0 Å². The SMILES string of the molecule is CCOc1ccc(C(=O)/C=C/Nc2ccc(NC(C)=O)cc2)cc1. The number of nitrogens with one attached hydrogen (secondary N) is 2. The van der Waals surface area contributed by atoms with E-state index in [2.05, 4.69) is 10.6 Å². The molecule has 2 aromatic rings. The Labute approximate surface area is 141 Å². The molecule has 0 bridgehead atoms. The van der Waals surface area contributed by atoms with Crippen LogP contribution in [0.1, 0.15) is 24.2 Å². The zero-order chi connectivity index (χ0) is 17.4. The molecule has 0 aliphatic rings. The van der Waals surface area contributed by atoms with Crippen LogP contribution in [0.15, 0.2) is 60.8 Å². The highest BCUT2D eigenvalue weighted by atomic mass is 16.5. The fraction of sp³-hybridized carbons (Fsp3) is 0.158. The number of rotatable bonds is 7. The summed E-state index contributed by atoms with van der Waals surface area (Å²) in [6.45, 7) is 3.97. The Morgan fingerprint density at radius 2 is 1.62 bits per heavy atom. The van der Waals surface area contributed by atoms with Gasteiger partial charge in [0.1, 0.15) is 5.75 Å². The van der Waals surface area contributed by atoms with Gasteiger partial charge >= 0.3 is 0 Å². The second-order valence-corrected chi connectivity index (χ2v) is 5.06. The van der Waals surface area contributed by atoms with Crippen molar-refractivity contribution >= 4 is 23.1 Å². The van der Waals surface area contributed by atoms with Gasteiger partial charge in [0, 0.05) is 36.1 Å². The fourth-order valence-electron chi connectivity index (χ4n) is 2.04. The van der Waals surface area contributed by atoms with Crippen molar-refractivity contribution in [3.8, 4) is 5.75 Å². The summed E-state index contributed by atoms with van der Waals surface area (Å²) in [6, 6.07) is 14.2. The number of anilines is 2. The van der Waals surface area contributed by atoms with E-state index in [1.165, 1.54) is 13.0 Å². The second-order valence-electron chi connectivity index (χ2n) is 5.06. The molecule has 5 heteroatoms. The molecular formula is C19H20N2O3. The Hall–Kier alpha value is -3.08. The number of hydrogen-bond donors (Lipinski definition) is 2. The van der Waals surface area contributed by atoms with E-state index in [0.29, 0.717) is 12.2 Å². The third-order valence-corrected chi connectivity index (χ3v) is 3.14. The molecule has 0 radical (unpaired) electrons. The number of hydrogen-bond acceptors (Lipinski definition) is 4. The predicted octanol–water partition coefficient (Wildman–Crippen LogP) is 3.85. The van der Waals surface area contributed by atoms with Crippen molar-refractivity contribution < 1.29 is 14.3 Å². The van der Waals surface area contributed by atoms with Crippen molar-refractivity contribution in [1.82, 2.24) is 0 Å².